The van der Waals surface area contributed by atoms with Crippen molar-refractivity contribution in [1.82, 2.24) is 0 Å². The van der Waals surface area contributed by atoms with Crippen LogP contribution in [0.2, 0.25) is 0 Å². The summed E-state index contributed by atoms with van der Waals surface area (Å²) in [5.74, 6) is 1.88. The minimum absolute atomic E-state index is 0. The van der Waals surface area contributed by atoms with Crippen molar-refractivity contribution in [1.29, 1.82) is 0 Å². The topological polar surface area (TPSA) is 98.4 Å². The van der Waals surface area contributed by atoms with E-state index in [1.54, 1.807) is 36.6 Å². The van der Waals surface area contributed by atoms with E-state index in [-0.39, 0.29) is 46.6 Å². The van der Waals surface area contributed by atoms with Crippen LogP contribution in [0.4, 0.5) is 0 Å². The smallest absolute Gasteiger partial charge is 0.339 e. The van der Waals surface area contributed by atoms with Crippen molar-refractivity contribution < 1.29 is 33.6 Å². The Bertz CT molecular complexity index is 1370. The number of aromatic hydroxyl groups is 1. The van der Waals surface area contributed by atoms with E-state index in [4.69, 9.17) is 18.6 Å². The number of aryl methyl sites for hydroxylation is 1. The molecule has 39 heavy (non-hydrogen) atoms. The summed E-state index contributed by atoms with van der Waals surface area (Å²) < 4.78 is 23.5. The number of benzene rings is 3. The molecule has 0 fully saturated rings. The molecule has 199 valence electrons. The van der Waals surface area contributed by atoms with E-state index in [0.29, 0.717) is 48.2 Å². The number of hydrogen-bond acceptors (Lipinski definition) is 6. The first-order chi connectivity index (χ1) is 18.5. The van der Waals surface area contributed by atoms with E-state index in [0.717, 1.165) is 30.4 Å². The Morgan fingerprint density at radius 3 is 2.28 bits per heavy atom. The number of carbonyl (C=O) groups is 1. The molecule has 4 rings (SSSR count). The predicted molar refractivity (Wildman–Crippen MR) is 150 cm³/mol. The molecule has 3 aromatic carbocycles. The first-order valence-electron chi connectivity index (χ1n) is 12.8. The van der Waals surface area contributed by atoms with Gasteiger partial charge in [-0.25, -0.2) is 4.79 Å². The van der Waals surface area contributed by atoms with Gasteiger partial charge in [-0.2, -0.15) is 0 Å². The summed E-state index contributed by atoms with van der Waals surface area (Å²) >= 11 is 0. The Hall–Kier alpha value is -3.39. The van der Waals surface area contributed by atoms with E-state index in [1.165, 1.54) is 6.07 Å². The third-order valence-corrected chi connectivity index (χ3v) is 6.08. The molecule has 0 spiro atoms. The van der Waals surface area contributed by atoms with E-state index < -0.39 is 5.97 Å². The first kappa shape index (κ1) is 30.2. The first-order valence-corrected chi connectivity index (χ1v) is 12.8. The molecule has 2 N–H and O–H groups in total. The van der Waals surface area contributed by atoms with Gasteiger partial charge in [0.1, 0.15) is 40.1 Å². The zero-order valence-corrected chi connectivity index (χ0v) is 24.6. The number of carboxylic acids is 1. The molecule has 0 bridgehead atoms. The standard InChI is InChI=1S/C31H32O7.Na/c1-3-10-22-26(13-7-14-28(22)38-29-12-6-5-11-23(29)31(33)34)36-17-9-18-37-30-20-25(32)24(19-21(30)4-2)27-15-8-16-35-27;/h5-8,11-16,19-20,32H,3-4,9-10,17-18H2,1-2H3,(H,33,34);. The molecule has 0 saturated carbocycles. The van der Waals surface area contributed by atoms with Gasteiger partial charge < -0.3 is 28.8 Å². The van der Waals surface area contributed by atoms with Crippen LogP contribution in [-0.2, 0) is 12.8 Å². The van der Waals surface area contributed by atoms with Gasteiger partial charge in [-0.3, -0.25) is 0 Å². The van der Waals surface area contributed by atoms with E-state index in [2.05, 4.69) is 6.92 Å². The number of carboxylic acid groups (broad SMARTS) is 1. The molecule has 0 aliphatic heterocycles. The zero-order valence-electron chi connectivity index (χ0n) is 22.6. The molecule has 0 atom stereocenters. The average Bonchev–Trinajstić information content (AvgIpc) is 3.45. The molecule has 0 aliphatic carbocycles. The predicted octanol–water partition coefficient (Wildman–Crippen LogP) is 7.12. The van der Waals surface area contributed by atoms with Crippen molar-refractivity contribution in [2.45, 2.75) is 39.5 Å². The molecule has 1 heterocycles. The van der Waals surface area contributed by atoms with Crippen molar-refractivity contribution >= 4 is 35.5 Å². The van der Waals surface area contributed by atoms with Gasteiger partial charge in [-0.1, -0.05) is 38.5 Å². The molecule has 0 unspecified atom stereocenters. The second kappa shape index (κ2) is 14.7. The Kier molecular flexibility index (Phi) is 11.3. The van der Waals surface area contributed by atoms with Gasteiger partial charge in [-0.15, -0.1) is 0 Å². The molecule has 4 aromatic rings. The molecule has 1 radical (unpaired) electrons. The minimum atomic E-state index is -1.04. The summed E-state index contributed by atoms with van der Waals surface area (Å²) in [4.78, 5) is 11.6. The fourth-order valence-electron chi connectivity index (χ4n) is 4.20. The molecule has 8 heteroatoms. The molecule has 7 nitrogen and oxygen atoms in total. The van der Waals surface area contributed by atoms with Crippen LogP contribution in [0, 0.1) is 0 Å². The fraction of sp³-hybridized carbons (Fsp3) is 0.258. The summed E-state index contributed by atoms with van der Waals surface area (Å²) in [7, 11) is 0. The number of phenolic OH excluding ortho intramolecular Hbond substituents is 1. The van der Waals surface area contributed by atoms with Gasteiger partial charge in [0, 0.05) is 47.6 Å². The van der Waals surface area contributed by atoms with Crippen LogP contribution in [0.25, 0.3) is 11.3 Å². The van der Waals surface area contributed by atoms with Crippen LogP contribution in [0.3, 0.4) is 0 Å². The maximum atomic E-state index is 11.6. The van der Waals surface area contributed by atoms with Gasteiger partial charge in [-0.05, 0) is 60.9 Å². The van der Waals surface area contributed by atoms with Crippen molar-refractivity contribution in [3.8, 4) is 40.1 Å². The normalized spacial score (nSPS) is 10.5. The van der Waals surface area contributed by atoms with Crippen molar-refractivity contribution in [2.75, 3.05) is 13.2 Å². The van der Waals surface area contributed by atoms with Crippen LogP contribution in [0.1, 0.15) is 48.2 Å². The average molecular weight is 540 g/mol. The largest absolute Gasteiger partial charge is 0.507 e. The summed E-state index contributed by atoms with van der Waals surface area (Å²) in [5.41, 5.74) is 2.61. The van der Waals surface area contributed by atoms with Crippen LogP contribution < -0.4 is 14.2 Å². The Balaban J connectivity index is 0.00000420. The number of furan rings is 1. The van der Waals surface area contributed by atoms with Crippen LogP contribution in [0.5, 0.6) is 28.7 Å². The van der Waals surface area contributed by atoms with Gasteiger partial charge in [0.15, 0.2) is 0 Å². The number of rotatable bonds is 13. The summed E-state index contributed by atoms with van der Waals surface area (Å²) in [6.45, 7) is 4.94. The minimum Gasteiger partial charge on any atom is -0.507 e. The summed E-state index contributed by atoms with van der Waals surface area (Å²) in [6.07, 6.45) is 4.55. The number of ether oxygens (including phenoxy) is 3. The molecule has 0 amide bonds. The fourth-order valence-corrected chi connectivity index (χ4v) is 4.20. The molecule has 0 saturated heterocycles. The van der Waals surface area contributed by atoms with Crippen LogP contribution in [0.15, 0.2) is 77.4 Å². The van der Waals surface area contributed by atoms with Gasteiger partial charge in [0.2, 0.25) is 0 Å². The molecule has 1 aromatic heterocycles. The second-order valence-electron chi connectivity index (χ2n) is 8.74. The van der Waals surface area contributed by atoms with Crippen LogP contribution in [-0.4, -0.2) is 59.0 Å². The summed E-state index contributed by atoms with van der Waals surface area (Å²) in [6, 6.07) is 19.3. The Labute approximate surface area is 250 Å². The maximum absolute atomic E-state index is 11.6. The monoisotopic (exact) mass is 539 g/mol. The van der Waals surface area contributed by atoms with Gasteiger partial charge >= 0.3 is 5.97 Å². The van der Waals surface area contributed by atoms with Gasteiger partial charge in [0.05, 0.1) is 25.0 Å². The van der Waals surface area contributed by atoms with Crippen molar-refractivity contribution in [3.63, 3.8) is 0 Å². The molecular weight excluding hydrogens is 507 g/mol. The number of aromatic carboxylic acids is 1. The second-order valence-corrected chi connectivity index (χ2v) is 8.74. The van der Waals surface area contributed by atoms with Crippen LogP contribution >= 0.6 is 0 Å². The number of hydrogen-bond donors (Lipinski definition) is 2. The van der Waals surface area contributed by atoms with E-state index >= 15 is 0 Å². The quantitative estimate of drug-likeness (QED) is 0.138. The Morgan fingerprint density at radius 2 is 1.59 bits per heavy atom. The molecule has 0 aliphatic rings. The Morgan fingerprint density at radius 1 is 0.872 bits per heavy atom. The summed E-state index contributed by atoms with van der Waals surface area (Å²) in [5, 5.41) is 20.0. The van der Waals surface area contributed by atoms with Crippen molar-refractivity contribution in [3.05, 3.63) is 89.7 Å². The third kappa shape index (κ3) is 7.60. The third-order valence-electron chi connectivity index (χ3n) is 6.08. The number of phenols is 1. The van der Waals surface area contributed by atoms with Crippen molar-refractivity contribution in [2.24, 2.45) is 0 Å². The van der Waals surface area contributed by atoms with E-state index in [9.17, 15) is 15.0 Å². The maximum Gasteiger partial charge on any atom is 0.339 e. The van der Waals surface area contributed by atoms with E-state index in [1.807, 2.05) is 37.3 Å². The zero-order chi connectivity index (χ0) is 26.9. The number of para-hydroxylation sites is 1. The van der Waals surface area contributed by atoms with Gasteiger partial charge in [0.25, 0.3) is 0 Å². The SMILES string of the molecule is CCCc1c(OCCCOc2cc(O)c(-c3ccco3)cc2CC)cccc1Oc1ccccc1C(=O)O.[Na]. The molecular formula is C31H32NaO7.